The lowest BCUT2D eigenvalue weighted by Crippen LogP contribution is -2.25. The number of rotatable bonds is 4. The van der Waals surface area contributed by atoms with E-state index < -0.39 is 10.0 Å². The average molecular weight is 351 g/mol. The fourth-order valence-electron chi connectivity index (χ4n) is 1.42. The average Bonchev–Trinajstić information content (AvgIpc) is 2.83. The molecule has 2 rings (SSSR count). The van der Waals surface area contributed by atoms with Gasteiger partial charge in [0.05, 0.1) is 0 Å². The van der Waals surface area contributed by atoms with Gasteiger partial charge in [0, 0.05) is 23.3 Å². The van der Waals surface area contributed by atoms with Crippen molar-refractivity contribution < 1.29 is 8.42 Å². The lowest BCUT2D eigenvalue weighted by Gasteiger charge is -2.05. The van der Waals surface area contributed by atoms with Crippen LogP contribution in [0.2, 0.25) is 0 Å². The van der Waals surface area contributed by atoms with Gasteiger partial charge in [0.2, 0.25) is 5.03 Å². The minimum atomic E-state index is -3.62. The van der Waals surface area contributed by atoms with Crippen LogP contribution in [0, 0.1) is 6.92 Å². The molecule has 1 N–H and O–H groups in total. The van der Waals surface area contributed by atoms with Gasteiger partial charge in [-0.2, -0.15) is 0 Å². The highest BCUT2D eigenvalue weighted by atomic mass is 79.9. The normalized spacial score (nSPS) is 11.9. The third-order valence-corrected chi connectivity index (χ3v) is 5.51. The Morgan fingerprint density at radius 2 is 2.22 bits per heavy atom. The Morgan fingerprint density at radius 1 is 1.50 bits per heavy atom. The van der Waals surface area contributed by atoms with Crippen molar-refractivity contribution in [3.05, 3.63) is 26.5 Å². The van der Waals surface area contributed by atoms with Gasteiger partial charge in [-0.1, -0.05) is 5.21 Å². The zero-order valence-electron chi connectivity index (χ0n) is 9.71. The minimum Gasteiger partial charge on any atom is -0.235 e. The number of hydrogen-bond donors (Lipinski definition) is 1. The van der Waals surface area contributed by atoms with Gasteiger partial charge in [-0.05, 0) is 35.0 Å². The lowest BCUT2D eigenvalue weighted by molar-refractivity contribution is 0.560. The SMILES string of the molecule is Cc1ccc(CNS(=O)(=O)c2c(Br)nnn2C)s1. The summed E-state index contributed by atoms with van der Waals surface area (Å²) in [4.78, 5) is 2.11. The number of nitrogens with zero attached hydrogens (tertiary/aromatic N) is 3. The monoisotopic (exact) mass is 350 g/mol. The molecule has 0 aliphatic heterocycles. The number of halogens is 1. The van der Waals surface area contributed by atoms with E-state index in [1.807, 2.05) is 19.1 Å². The molecule has 0 aliphatic carbocycles. The van der Waals surface area contributed by atoms with E-state index in [0.29, 0.717) is 0 Å². The second-order valence-electron chi connectivity index (χ2n) is 3.65. The summed E-state index contributed by atoms with van der Waals surface area (Å²) < 4.78 is 28.1. The minimum absolute atomic E-state index is 0.0239. The van der Waals surface area contributed by atoms with Gasteiger partial charge in [0.25, 0.3) is 10.0 Å². The highest BCUT2D eigenvalue weighted by Gasteiger charge is 2.23. The fourth-order valence-corrected chi connectivity index (χ4v) is 4.44. The van der Waals surface area contributed by atoms with Crippen molar-refractivity contribution in [1.82, 2.24) is 19.7 Å². The fraction of sp³-hybridized carbons (Fsp3) is 0.333. The Hall–Kier alpha value is -0.770. The largest absolute Gasteiger partial charge is 0.260 e. The van der Waals surface area contributed by atoms with Crippen LogP contribution in [-0.4, -0.2) is 23.4 Å². The topological polar surface area (TPSA) is 76.9 Å². The van der Waals surface area contributed by atoms with Crippen molar-refractivity contribution in [2.75, 3.05) is 0 Å². The zero-order valence-corrected chi connectivity index (χ0v) is 12.9. The summed E-state index contributed by atoms with van der Waals surface area (Å²) in [5.74, 6) is 0. The molecule has 0 aromatic carbocycles. The van der Waals surface area contributed by atoms with E-state index >= 15 is 0 Å². The van der Waals surface area contributed by atoms with Gasteiger partial charge in [0.15, 0.2) is 4.60 Å². The molecular formula is C9H11BrN4O2S2. The first-order valence-electron chi connectivity index (χ1n) is 5.00. The summed E-state index contributed by atoms with van der Waals surface area (Å²) in [6.45, 7) is 2.24. The van der Waals surface area contributed by atoms with Crippen molar-refractivity contribution in [2.45, 2.75) is 18.5 Å². The summed E-state index contributed by atoms with van der Waals surface area (Å²) in [5, 5.41) is 7.32. The molecule has 0 saturated heterocycles. The molecule has 2 aromatic heterocycles. The van der Waals surface area contributed by atoms with E-state index in [0.717, 1.165) is 9.75 Å². The number of aromatic nitrogens is 3. The van der Waals surface area contributed by atoms with Gasteiger partial charge < -0.3 is 0 Å². The van der Waals surface area contributed by atoms with Gasteiger partial charge in [-0.25, -0.2) is 17.8 Å². The molecule has 98 valence electrons. The Kier molecular flexibility index (Phi) is 3.85. The van der Waals surface area contributed by atoms with Crippen LogP contribution in [-0.2, 0) is 23.6 Å². The summed E-state index contributed by atoms with van der Waals surface area (Å²) >= 11 is 4.63. The van der Waals surface area contributed by atoms with Crippen LogP contribution in [0.5, 0.6) is 0 Å². The van der Waals surface area contributed by atoms with Crippen LogP contribution in [0.15, 0.2) is 21.8 Å². The maximum absolute atomic E-state index is 12.1. The number of aryl methyl sites for hydroxylation is 2. The van der Waals surface area contributed by atoms with Crippen LogP contribution >= 0.6 is 27.3 Å². The molecule has 0 saturated carbocycles. The zero-order chi connectivity index (χ0) is 13.3. The maximum Gasteiger partial charge on any atom is 0.260 e. The quantitative estimate of drug-likeness (QED) is 0.904. The molecule has 0 amide bonds. The second kappa shape index (κ2) is 5.08. The van der Waals surface area contributed by atoms with Crippen molar-refractivity contribution in [2.24, 2.45) is 7.05 Å². The Bertz CT molecular complexity index is 642. The van der Waals surface area contributed by atoms with Gasteiger partial charge in [0.1, 0.15) is 0 Å². The van der Waals surface area contributed by atoms with Crippen LogP contribution in [0.4, 0.5) is 0 Å². The van der Waals surface area contributed by atoms with E-state index in [4.69, 9.17) is 0 Å². The molecule has 0 bridgehead atoms. The van der Waals surface area contributed by atoms with Gasteiger partial charge in [-0.15, -0.1) is 16.4 Å². The van der Waals surface area contributed by atoms with E-state index in [2.05, 4.69) is 31.0 Å². The first-order chi connectivity index (χ1) is 8.40. The summed E-state index contributed by atoms with van der Waals surface area (Å²) in [5.41, 5.74) is 0. The molecule has 18 heavy (non-hydrogen) atoms. The van der Waals surface area contributed by atoms with E-state index in [1.54, 1.807) is 11.3 Å². The molecule has 2 heterocycles. The molecule has 6 nitrogen and oxygen atoms in total. The van der Waals surface area contributed by atoms with Crippen molar-refractivity contribution in [3.63, 3.8) is 0 Å². The molecule has 2 aromatic rings. The van der Waals surface area contributed by atoms with E-state index in [9.17, 15) is 8.42 Å². The van der Waals surface area contributed by atoms with Gasteiger partial charge in [-0.3, -0.25) is 0 Å². The first kappa shape index (κ1) is 13.7. The standard InChI is InChI=1S/C9H11BrN4O2S2/c1-6-3-4-7(17-6)5-11-18(15,16)9-8(10)12-13-14(9)2/h3-4,11H,5H2,1-2H3. The summed E-state index contributed by atoms with van der Waals surface area (Å²) in [7, 11) is -2.09. The molecule has 0 fully saturated rings. The molecular weight excluding hydrogens is 340 g/mol. The highest BCUT2D eigenvalue weighted by Crippen LogP contribution is 2.19. The van der Waals surface area contributed by atoms with Crippen LogP contribution in [0.3, 0.4) is 0 Å². The van der Waals surface area contributed by atoms with Crippen molar-refractivity contribution >= 4 is 37.3 Å². The van der Waals surface area contributed by atoms with Crippen LogP contribution in [0.25, 0.3) is 0 Å². The second-order valence-corrected chi connectivity index (χ2v) is 7.45. The van der Waals surface area contributed by atoms with E-state index in [-0.39, 0.29) is 16.2 Å². The molecule has 0 aliphatic rings. The predicted molar refractivity (Wildman–Crippen MR) is 71.8 cm³/mol. The van der Waals surface area contributed by atoms with Gasteiger partial charge >= 0.3 is 0 Å². The van der Waals surface area contributed by atoms with Crippen molar-refractivity contribution in [1.29, 1.82) is 0 Å². The molecule has 9 heteroatoms. The van der Waals surface area contributed by atoms with Crippen LogP contribution < -0.4 is 4.72 Å². The van der Waals surface area contributed by atoms with Crippen molar-refractivity contribution in [3.8, 4) is 0 Å². The summed E-state index contributed by atoms with van der Waals surface area (Å²) in [6.07, 6.45) is 0. The van der Waals surface area contributed by atoms with Crippen LogP contribution in [0.1, 0.15) is 9.75 Å². The maximum atomic E-state index is 12.1. The van der Waals surface area contributed by atoms with E-state index in [1.165, 1.54) is 11.7 Å². The first-order valence-corrected chi connectivity index (χ1v) is 8.09. The third kappa shape index (κ3) is 2.79. The summed E-state index contributed by atoms with van der Waals surface area (Å²) in [6, 6.07) is 3.86. The Balaban J connectivity index is 2.18. The molecule has 0 unspecified atom stereocenters. The Labute approximate surface area is 117 Å². The Morgan fingerprint density at radius 3 is 2.72 bits per heavy atom. The number of hydrogen-bond acceptors (Lipinski definition) is 5. The number of sulfonamides is 1. The molecule has 0 radical (unpaired) electrons. The predicted octanol–water partition coefficient (Wildman–Crippen LogP) is 1.43. The molecule has 0 spiro atoms. The number of thiophene rings is 1. The third-order valence-electron chi connectivity index (χ3n) is 2.22. The smallest absolute Gasteiger partial charge is 0.235 e. The number of nitrogens with one attached hydrogen (secondary N) is 1. The molecule has 0 atom stereocenters. The lowest BCUT2D eigenvalue weighted by atomic mass is 10.4. The highest BCUT2D eigenvalue weighted by molar-refractivity contribution is 9.10.